The molecule has 2 rings (SSSR count). The highest BCUT2D eigenvalue weighted by atomic mass is 16.1. The Morgan fingerprint density at radius 1 is 1.53 bits per heavy atom. The van der Waals surface area contributed by atoms with Crippen LogP contribution in [0.1, 0.15) is 20.3 Å². The van der Waals surface area contributed by atoms with Crippen molar-refractivity contribution in [3.05, 3.63) is 23.0 Å². The topological polar surface area (TPSA) is 63.6 Å². The Balaban J connectivity index is 2.41. The minimum absolute atomic E-state index is 0.105. The van der Waals surface area contributed by atoms with Crippen molar-refractivity contribution in [3.63, 3.8) is 0 Å². The summed E-state index contributed by atoms with van der Waals surface area (Å²) in [6, 6.07) is 0. The Morgan fingerprint density at radius 2 is 2.33 bits per heavy atom. The minimum Gasteiger partial charge on any atom is -0.303 e. The average Bonchev–Trinajstić information content (AvgIpc) is 2.50. The van der Waals surface area contributed by atoms with E-state index >= 15 is 0 Å². The van der Waals surface area contributed by atoms with Crippen LogP contribution in [0.3, 0.4) is 0 Å². The molecule has 80 valence electrons. The zero-order valence-electron chi connectivity index (χ0n) is 8.90. The molecule has 0 aromatic carbocycles. The van der Waals surface area contributed by atoms with Gasteiger partial charge in [0.15, 0.2) is 5.65 Å². The molecular weight excluding hydrogens is 192 g/mol. The average molecular weight is 206 g/mol. The second-order valence-electron chi connectivity index (χ2n) is 4.02. The summed E-state index contributed by atoms with van der Waals surface area (Å²) in [7, 11) is 0. The van der Waals surface area contributed by atoms with Gasteiger partial charge in [0.05, 0.1) is 6.20 Å². The largest absolute Gasteiger partial charge is 0.327 e. The summed E-state index contributed by atoms with van der Waals surface area (Å²) >= 11 is 0. The van der Waals surface area contributed by atoms with Gasteiger partial charge in [0.1, 0.15) is 11.8 Å². The Kier molecular flexibility index (Phi) is 2.53. The molecule has 0 radical (unpaired) electrons. The lowest BCUT2D eigenvalue weighted by atomic mass is 10.1. The van der Waals surface area contributed by atoms with E-state index < -0.39 is 0 Å². The van der Waals surface area contributed by atoms with Crippen molar-refractivity contribution in [2.75, 3.05) is 0 Å². The molecular formula is C10H14N4O. The van der Waals surface area contributed by atoms with Crippen LogP contribution in [0.25, 0.3) is 11.2 Å². The molecule has 2 heterocycles. The maximum atomic E-state index is 11.6. The first-order valence-electron chi connectivity index (χ1n) is 5.07. The Hall–Kier alpha value is -1.65. The van der Waals surface area contributed by atoms with Gasteiger partial charge in [-0.3, -0.25) is 4.57 Å². The fraction of sp³-hybridized carbons (Fsp3) is 0.500. The highest BCUT2D eigenvalue weighted by Crippen LogP contribution is 2.07. The van der Waals surface area contributed by atoms with Crippen molar-refractivity contribution in [2.45, 2.75) is 26.8 Å². The lowest BCUT2D eigenvalue weighted by molar-refractivity contribution is 0.514. The van der Waals surface area contributed by atoms with E-state index in [1.54, 1.807) is 10.8 Å². The summed E-state index contributed by atoms with van der Waals surface area (Å²) in [5, 5.41) is 0. The van der Waals surface area contributed by atoms with Crippen LogP contribution < -0.4 is 5.69 Å². The lowest BCUT2D eigenvalue weighted by Crippen LogP contribution is -2.18. The first-order valence-corrected chi connectivity index (χ1v) is 5.07. The van der Waals surface area contributed by atoms with Crippen molar-refractivity contribution in [1.82, 2.24) is 19.5 Å². The molecule has 0 saturated heterocycles. The molecule has 1 N–H and O–H groups in total. The quantitative estimate of drug-likeness (QED) is 0.819. The van der Waals surface area contributed by atoms with Crippen molar-refractivity contribution in [1.29, 1.82) is 0 Å². The maximum Gasteiger partial charge on any atom is 0.327 e. The number of nitrogens with one attached hydrogen (secondary N) is 1. The molecule has 15 heavy (non-hydrogen) atoms. The summed E-state index contributed by atoms with van der Waals surface area (Å²) in [5.74, 6) is 0.573. The Bertz CT molecular complexity index is 511. The molecule has 0 bridgehead atoms. The molecule has 2 aromatic heterocycles. The smallest absolute Gasteiger partial charge is 0.303 e. The highest BCUT2D eigenvalue weighted by Gasteiger charge is 2.07. The SMILES string of the molecule is CC(C)CCn1c(=O)[nH]c2cncnc21. The van der Waals surface area contributed by atoms with Gasteiger partial charge in [0, 0.05) is 6.54 Å². The predicted molar refractivity (Wildman–Crippen MR) is 57.6 cm³/mol. The molecule has 5 nitrogen and oxygen atoms in total. The van der Waals surface area contributed by atoms with E-state index in [1.165, 1.54) is 6.33 Å². The minimum atomic E-state index is -0.105. The number of rotatable bonds is 3. The normalized spacial score (nSPS) is 11.4. The number of hydrogen-bond acceptors (Lipinski definition) is 3. The van der Waals surface area contributed by atoms with Gasteiger partial charge in [-0.25, -0.2) is 14.8 Å². The highest BCUT2D eigenvalue weighted by molar-refractivity contribution is 5.68. The number of aromatic amines is 1. The zero-order chi connectivity index (χ0) is 10.8. The first-order chi connectivity index (χ1) is 7.18. The molecule has 0 fully saturated rings. The van der Waals surface area contributed by atoms with Crippen LogP contribution in [0.4, 0.5) is 0 Å². The standard InChI is InChI=1S/C10H14N4O/c1-7(2)3-4-14-9-8(13-10(14)15)5-11-6-12-9/h5-7H,3-4H2,1-2H3,(H,13,15). The van der Waals surface area contributed by atoms with E-state index in [4.69, 9.17) is 0 Å². The number of nitrogens with zero attached hydrogens (tertiary/aromatic N) is 3. The number of aryl methyl sites for hydroxylation is 1. The number of hydrogen-bond donors (Lipinski definition) is 1. The molecule has 2 aromatic rings. The molecule has 0 unspecified atom stereocenters. The lowest BCUT2D eigenvalue weighted by Gasteiger charge is -2.04. The van der Waals surface area contributed by atoms with Crippen LogP contribution in [-0.4, -0.2) is 19.5 Å². The van der Waals surface area contributed by atoms with Crippen LogP contribution in [0.5, 0.6) is 0 Å². The monoisotopic (exact) mass is 206 g/mol. The second kappa shape index (κ2) is 3.84. The van der Waals surface area contributed by atoms with E-state index in [0.29, 0.717) is 23.6 Å². The fourth-order valence-electron chi connectivity index (χ4n) is 1.50. The third-order valence-electron chi connectivity index (χ3n) is 2.36. The Labute approximate surface area is 87.2 Å². The van der Waals surface area contributed by atoms with Crippen molar-refractivity contribution in [3.8, 4) is 0 Å². The van der Waals surface area contributed by atoms with Gasteiger partial charge in [-0.1, -0.05) is 13.8 Å². The van der Waals surface area contributed by atoms with Gasteiger partial charge < -0.3 is 4.98 Å². The van der Waals surface area contributed by atoms with E-state index in [0.717, 1.165) is 6.42 Å². The molecule has 0 aliphatic rings. The van der Waals surface area contributed by atoms with E-state index in [-0.39, 0.29) is 5.69 Å². The van der Waals surface area contributed by atoms with Gasteiger partial charge in [0.2, 0.25) is 0 Å². The van der Waals surface area contributed by atoms with Crippen molar-refractivity contribution < 1.29 is 0 Å². The van der Waals surface area contributed by atoms with Gasteiger partial charge in [-0.15, -0.1) is 0 Å². The summed E-state index contributed by atoms with van der Waals surface area (Å²) < 4.78 is 1.66. The van der Waals surface area contributed by atoms with Crippen LogP contribution in [0.2, 0.25) is 0 Å². The number of fused-ring (bicyclic) bond motifs is 1. The van der Waals surface area contributed by atoms with Gasteiger partial charge >= 0.3 is 5.69 Å². The van der Waals surface area contributed by atoms with E-state index in [2.05, 4.69) is 28.8 Å². The molecule has 5 heteroatoms. The van der Waals surface area contributed by atoms with Gasteiger partial charge in [0.25, 0.3) is 0 Å². The molecule has 0 amide bonds. The summed E-state index contributed by atoms with van der Waals surface area (Å²) in [5.41, 5.74) is 1.29. The van der Waals surface area contributed by atoms with Crippen molar-refractivity contribution >= 4 is 11.2 Å². The third kappa shape index (κ3) is 1.91. The number of imidazole rings is 1. The molecule has 0 spiro atoms. The molecule has 0 atom stereocenters. The van der Waals surface area contributed by atoms with Crippen LogP contribution in [0.15, 0.2) is 17.3 Å². The van der Waals surface area contributed by atoms with Crippen LogP contribution in [-0.2, 0) is 6.54 Å². The number of aromatic nitrogens is 4. The number of H-pyrrole nitrogens is 1. The van der Waals surface area contributed by atoms with E-state index in [1.807, 2.05) is 0 Å². The molecule has 0 aliphatic carbocycles. The van der Waals surface area contributed by atoms with Crippen molar-refractivity contribution in [2.24, 2.45) is 5.92 Å². The predicted octanol–water partition coefficient (Wildman–Crippen LogP) is 1.17. The maximum absolute atomic E-state index is 11.6. The van der Waals surface area contributed by atoms with Crippen LogP contribution in [0, 0.1) is 5.92 Å². The molecule has 0 saturated carbocycles. The van der Waals surface area contributed by atoms with Gasteiger partial charge in [-0.05, 0) is 12.3 Å². The second-order valence-corrected chi connectivity index (χ2v) is 4.02. The van der Waals surface area contributed by atoms with Gasteiger partial charge in [-0.2, -0.15) is 0 Å². The fourth-order valence-corrected chi connectivity index (χ4v) is 1.50. The summed E-state index contributed by atoms with van der Waals surface area (Å²) in [6.07, 6.45) is 4.05. The Morgan fingerprint density at radius 3 is 3.07 bits per heavy atom. The first kappa shape index (κ1) is 9.89. The molecule has 0 aliphatic heterocycles. The van der Waals surface area contributed by atoms with Crippen LogP contribution >= 0.6 is 0 Å². The summed E-state index contributed by atoms with van der Waals surface area (Å²) in [6.45, 7) is 4.97. The van der Waals surface area contributed by atoms with E-state index in [9.17, 15) is 4.79 Å². The zero-order valence-corrected chi connectivity index (χ0v) is 8.90. The summed E-state index contributed by atoms with van der Waals surface area (Å²) in [4.78, 5) is 22.3. The third-order valence-corrected chi connectivity index (χ3v) is 2.36.